The van der Waals surface area contributed by atoms with Gasteiger partial charge >= 0.3 is 6.18 Å². The number of nitrogens with one attached hydrogen (secondary N) is 1. The van der Waals surface area contributed by atoms with Crippen LogP contribution in [0, 0.1) is 10.1 Å². The van der Waals surface area contributed by atoms with Crippen molar-refractivity contribution in [3.63, 3.8) is 0 Å². The number of halogens is 3. The molecule has 0 aliphatic carbocycles. The molecule has 0 bridgehead atoms. The molecule has 26 heavy (non-hydrogen) atoms. The van der Waals surface area contributed by atoms with Crippen molar-refractivity contribution in [3.8, 4) is 11.3 Å². The number of benzene rings is 2. The van der Waals surface area contributed by atoms with E-state index >= 15 is 0 Å². The van der Waals surface area contributed by atoms with E-state index in [4.69, 9.17) is 4.42 Å². The van der Waals surface area contributed by atoms with Crippen molar-refractivity contribution in [1.82, 2.24) is 4.98 Å². The second kappa shape index (κ2) is 6.87. The summed E-state index contributed by atoms with van der Waals surface area (Å²) in [6.45, 7) is -0.0148. The third-order valence-corrected chi connectivity index (χ3v) is 3.56. The Labute approximate surface area is 145 Å². The molecule has 0 radical (unpaired) electrons. The smallest absolute Gasteiger partial charge is 0.416 e. The molecule has 0 amide bonds. The zero-order chi connectivity index (χ0) is 18.7. The molecule has 134 valence electrons. The average Bonchev–Trinajstić information content (AvgIpc) is 3.08. The monoisotopic (exact) mass is 363 g/mol. The minimum Gasteiger partial charge on any atom is -0.439 e. The van der Waals surface area contributed by atoms with Crippen molar-refractivity contribution in [1.29, 1.82) is 0 Å². The first-order chi connectivity index (χ1) is 12.3. The Balaban J connectivity index is 1.78. The molecule has 0 spiro atoms. The van der Waals surface area contributed by atoms with E-state index in [1.165, 1.54) is 6.20 Å². The summed E-state index contributed by atoms with van der Waals surface area (Å²) in [5.74, 6) is 0.766. The van der Waals surface area contributed by atoms with E-state index < -0.39 is 22.4 Å². The lowest BCUT2D eigenvalue weighted by atomic mass is 10.1. The highest BCUT2D eigenvalue weighted by molar-refractivity contribution is 5.63. The fourth-order valence-corrected chi connectivity index (χ4v) is 2.31. The largest absolute Gasteiger partial charge is 0.439 e. The molecular formula is C17H12F3N3O3. The second-order valence-corrected chi connectivity index (χ2v) is 5.32. The van der Waals surface area contributed by atoms with E-state index in [1.54, 1.807) is 0 Å². The molecule has 2 aromatic carbocycles. The summed E-state index contributed by atoms with van der Waals surface area (Å²) in [6.07, 6.45) is -3.15. The molecule has 1 heterocycles. The molecule has 0 unspecified atom stereocenters. The third kappa shape index (κ3) is 3.82. The molecule has 3 rings (SSSR count). The van der Waals surface area contributed by atoms with Crippen LogP contribution in [0.2, 0.25) is 0 Å². The number of nitro groups is 1. The number of oxazole rings is 1. The van der Waals surface area contributed by atoms with Gasteiger partial charge in [-0.05, 0) is 12.1 Å². The first-order valence-electron chi connectivity index (χ1n) is 7.44. The predicted octanol–water partition coefficient (Wildman–Crippen LogP) is 4.88. The Morgan fingerprint density at radius 2 is 1.88 bits per heavy atom. The van der Waals surface area contributed by atoms with Crippen LogP contribution in [0.1, 0.15) is 11.5 Å². The van der Waals surface area contributed by atoms with Crippen molar-refractivity contribution in [3.05, 3.63) is 76.3 Å². The standard InChI is InChI=1S/C17H12F3N3O3/c18-17(19,20)12-6-7-13(14(8-12)23(24)25)21-10-16-22-9-15(26-16)11-4-2-1-3-5-11/h1-9,21H,10H2. The molecule has 0 saturated heterocycles. The molecule has 3 aromatic rings. The fourth-order valence-electron chi connectivity index (χ4n) is 2.31. The van der Waals surface area contributed by atoms with Gasteiger partial charge < -0.3 is 9.73 Å². The first kappa shape index (κ1) is 17.5. The van der Waals surface area contributed by atoms with Crippen molar-refractivity contribution in [2.45, 2.75) is 12.7 Å². The first-order valence-corrected chi connectivity index (χ1v) is 7.44. The van der Waals surface area contributed by atoms with Crippen molar-refractivity contribution in [2.75, 3.05) is 5.32 Å². The molecule has 0 fully saturated rings. The summed E-state index contributed by atoms with van der Waals surface area (Å²) < 4.78 is 43.7. The lowest BCUT2D eigenvalue weighted by Gasteiger charge is -2.09. The molecule has 0 saturated carbocycles. The predicted molar refractivity (Wildman–Crippen MR) is 87.4 cm³/mol. The lowest BCUT2D eigenvalue weighted by molar-refractivity contribution is -0.384. The Hall–Kier alpha value is -3.36. The molecular weight excluding hydrogens is 351 g/mol. The van der Waals surface area contributed by atoms with Gasteiger partial charge in [-0.25, -0.2) is 4.98 Å². The van der Waals surface area contributed by atoms with E-state index in [0.29, 0.717) is 11.8 Å². The van der Waals surface area contributed by atoms with Crippen LogP contribution in [0.5, 0.6) is 0 Å². The van der Waals surface area contributed by atoms with E-state index in [1.807, 2.05) is 30.3 Å². The van der Waals surface area contributed by atoms with Gasteiger partial charge in [-0.2, -0.15) is 13.2 Å². The van der Waals surface area contributed by atoms with Crippen molar-refractivity contribution < 1.29 is 22.5 Å². The summed E-state index contributed by atoms with van der Waals surface area (Å²) in [6, 6.07) is 11.5. The molecule has 0 atom stereocenters. The number of aromatic nitrogens is 1. The van der Waals surface area contributed by atoms with Gasteiger partial charge in [0.05, 0.1) is 23.2 Å². The van der Waals surface area contributed by atoms with Crippen LogP contribution in [0.25, 0.3) is 11.3 Å². The Morgan fingerprint density at radius 3 is 2.54 bits per heavy atom. The molecule has 9 heteroatoms. The van der Waals surface area contributed by atoms with Crippen LogP contribution >= 0.6 is 0 Å². The number of alkyl halides is 3. The SMILES string of the molecule is O=[N+]([O-])c1cc(C(F)(F)F)ccc1NCc1ncc(-c2ccccc2)o1. The number of rotatable bonds is 5. The van der Waals surface area contributed by atoms with Crippen LogP contribution in [-0.2, 0) is 12.7 Å². The van der Waals surface area contributed by atoms with Crippen LogP contribution in [-0.4, -0.2) is 9.91 Å². The van der Waals surface area contributed by atoms with Crippen LogP contribution in [0.15, 0.2) is 59.1 Å². The Bertz CT molecular complexity index is 924. The summed E-state index contributed by atoms with van der Waals surface area (Å²) in [7, 11) is 0. The van der Waals surface area contributed by atoms with Gasteiger partial charge in [-0.15, -0.1) is 0 Å². The normalized spacial score (nSPS) is 11.3. The fraction of sp³-hybridized carbons (Fsp3) is 0.118. The number of nitrogens with zero attached hydrogens (tertiary/aromatic N) is 2. The van der Waals surface area contributed by atoms with Crippen molar-refractivity contribution >= 4 is 11.4 Å². The minimum absolute atomic E-state index is 0.0148. The number of anilines is 1. The van der Waals surface area contributed by atoms with Crippen LogP contribution in [0.3, 0.4) is 0 Å². The lowest BCUT2D eigenvalue weighted by Crippen LogP contribution is -2.08. The van der Waals surface area contributed by atoms with Gasteiger partial charge in [0.1, 0.15) is 5.69 Å². The van der Waals surface area contributed by atoms with Gasteiger partial charge in [-0.1, -0.05) is 30.3 Å². The number of hydrogen-bond acceptors (Lipinski definition) is 5. The summed E-state index contributed by atoms with van der Waals surface area (Å²) >= 11 is 0. The topological polar surface area (TPSA) is 81.2 Å². The van der Waals surface area contributed by atoms with Gasteiger partial charge in [-0.3, -0.25) is 10.1 Å². The number of nitro benzene ring substituents is 1. The summed E-state index contributed by atoms with van der Waals surface area (Å²) in [4.78, 5) is 14.2. The Kier molecular flexibility index (Phi) is 4.61. The molecule has 0 aliphatic rings. The average molecular weight is 363 g/mol. The summed E-state index contributed by atoms with van der Waals surface area (Å²) in [5, 5.41) is 13.7. The van der Waals surface area contributed by atoms with E-state index in [0.717, 1.165) is 17.7 Å². The van der Waals surface area contributed by atoms with Gasteiger partial charge in [0, 0.05) is 11.6 Å². The van der Waals surface area contributed by atoms with Gasteiger partial charge in [0.25, 0.3) is 5.69 Å². The van der Waals surface area contributed by atoms with Gasteiger partial charge in [0.2, 0.25) is 5.89 Å². The highest BCUT2D eigenvalue weighted by Crippen LogP contribution is 2.35. The minimum atomic E-state index is -4.66. The highest BCUT2D eigenvalue weighted by atomic mass is 19.4. The quantitative estimate of drug-likeness (QED) is 0.516. The number of hydrogen-bond donors (Lipinski definition) is 1. The molecule has 6 nitrogen and oxygen atoms in total. The highest BCUT2D eigenvalue weighted by Gasteiger charge is 2.33. The van der Waals surface area contributed by atoms with Crippen molar-refractivity contribution in [2.24, 2.45) is 0 Å². The zero-order valence-corrected chi connectivity index (χ0v) is 13.2. The van der Waals surface area contributed by atoms with E-state index in [9.17, 15) is 23.3 Å². The molecule has 1 N–H and O–H groups in total. The second-order valence-electron chi connectivity index (χ2n) is 5.32. The van der Waals surface area contributed by atoms with Crippen LogP contribution < -0.4 is 5.32 Å². The zero-order valence-electron chi connectivity index (χ0n) is 13.2. The molecule has 0 aliphatic heterocycles. The van der Waals surface area contributed by atoms with E-state index in [-0.39, 0.29) is 18.1 Å². The molecule has 1 aromatic heterocycles. The van der Waals surface area contributed by atoms with Gasteiger partial charge in [0.15, 0.2) is 5.76 Å². The Morgan fingerprint density at radius 1 is 1.15 bits per heavy atom. The maximum Gasteiger partial charge on any atom is 0.416 e. The third-order valence-electron chi connectivity index (χ3n) is 3.56. The summed E-state index contributed by atoms with van der Waals surface area (Å²) in [5.41, 5.74) is -0.999. The maximum atomic E-state index is 12.7. The maximum absolute atomic E-state index is 12.7. The van der Waals surface area contributed by atoms with Crippen LogP contribution in [0.4, 0.5) is 24.5 Å². The van der Waals surface area contributed by atoms with E-state index in [2.05, 4.69) is 10.3 Å².